The van der Waals surface area contributed by atoms with Gasteiger partial charge in [-0.05, 0) is 24.6 Å². The topological polar surface area (TPSA) is 17.8 Å². The van der Waals surface area contributed by atoms with Gasteiger partial charge in [0, 0.05) is 23.7 Å². The maximum Gasteiger partial charge on any atom is 0.142 e. The van der Waals surface area contributed by atoms with Gasteiger partial charge >= 0.3 is 0 Å². The molecule has 0 bridgehead atoms. The summed E-state index contributed by atoms with van der Waals surface area (Å²) in [5.41, 5.74) is 3.30. The van der Waals surface area contributed by atoms with Crippen molar-refractivity contribution >= 4 is 23.2 Å². The van der Waals surface area contributed by atoms with Crippen molar-refractivity contribution in [3.63, 3.8) is 0 Å². The highest BCUT2D eigenvalue weighted by molar-refractivity contribution is 6.36. The van der Waals surface area contributed by atoms with Crippen molar-refractivity contribution in [1.29, 1.82) is 0 Å². The van der Waals surface area contributed by atoms with Crippen molar-refractivity contribution in [2.45, 2.75) is 33.1 Å². The molecule has 0 spiro atoms. The van der Waals surface area contributed by atoms with E-state index in [4.69, 9.17) is 23.2 Å². The van der Waals surface area contributed by atoms with Crippen LogP contribution in [0.1, 0.15) is 32.0 Å². The third-order valence-electron chi connectivity index (χ3n) is 3.26. The Balaban J connectivity index is 2.70. The van der Waals surface area contributed by atoms with Gasteiger partial charge in [0.2, 0.25) is 0 Å². The Kier molecular flexibility index (Phi) is 3.87. The summed E-state index contributed by atoms with van der Waals surface area (Å²) in [5.74, 6) is -0.492. The Morgan fingerprint density at radius 2 is 1.75 bits per heavy atom. The van der Waals surface area contributed by atoms with E-state index in [2.05, 4.69) is 25.9 Å². The monoisotopic (exact) mass is 314 g/mol. The second kappa shape index (κ2) is 5.05. The zero-order valence-electron chi connectivity index (χ0n) is 12.2. The van der Waals surface area contributed by atoms with Crippen LogP contribution < -0.4 is 0 Å². The number of halogens is 3. The van der Waals surface area contributed by atoms with E-state index in [1.54, 1.807) is 0 Å². The molecule has 1 aromatic heterocycles. The average molecular weight is 315 g/mol. The molecule has 0 aliphatic rings. The summed E-state index contributed by atoms with van der Waals surface area (Å²) in [6, 6.07) is 2.76. The van der Waals surface area contributed by atoms with Crippen LogP contribution in [0.15, 0.2) is 12.1 Å². The van der Waals surface area contributed by atoms with Gasteiger partial charge in [0.25, 0.3) is 0 Å². The second-order valence-corrected chi connectivity index (χ2v) is 6.76. The van der Waals surface area contributed by atoms with E-state index in [-0.39, 0.29) is 10.4 Å². The number of hydrogen-bond acceptors (Lipinski definition) is 1. The number of rotatable bonds is 1. The number of aromatic nitrogens is 2. The van der Waals surface area contributed by atoms with Gasteiger partial charge in [-0.25, -0.2) is 4.39 Å². The van der Waals surface area contributed by atoms with Crippen LogP contribution in [0.25, 0.3) is 11.3 Å². The molecule has 108 valence electrons. The number of nitrogens with zero attached hydrogens (tertiary/aromatic N) is 2. The van der Waals surface area contributed by atoms with Gasteiger partial charge in [0.15, 0.2) is 0 Å². The van der Waals surface area contributed by atoms with E-state index in [1.807, 2.05) is 18.7 Å². The Hall–Kier alpha value is -1.06. The summed E-state index contributed by atoms with van der Waals surface area (Å²) in [6.07, 6.45) is 0. The Bertz CT molecular complexity index is 669. The Labute approximate surface area is 128 Å². The molecule has 0 aliphatic heterocycles. The minimum atomic E-state index is -0.492. The molecule has 0 saturated heterocycles. The van der Waals surface area contributed by atoms with Crippen molar-refractivity contribution < 1.29 is 4.39 Å². The third kappa shape index (κ3) is 2.57. The molecule has 0 atom stereocenters. The van der Waals surface area contributed by atoms with Gasteiger partial charge in [-0.15, -0.1) is 0 Å². The normalized spacial score (nSPS) is 12.0. The summed E-state index contributed by atoms with van der Waals surface area (Å²) in [5, 5.41) is 4.92. The zero-order valence-corrected chi connectivity index (χ0v) is 13.7. The second-order valence-electron chi connectivity index (χ2n) is 5.94. The molecule has 0 fully saturated rings. The first-order chi connectivity index (χ1) is 9.12. The minimum Gasteiger partial charge on any atom is -0.271 e. The quantitative estimate of drug-likeness (QED) is 0.666. The van der Waals surface area contributed by atoms with Crippen LogP contribution in [0.4, 0.5) is 4.39 Å². The number of benzene rings is 1. The predicted molar refractivity (Wildman–Crippen MR) is 82.1 cm³/mol. The first kappa shape index (κ1) is 15.3. The van der Waals surface area contributed by atoms with Crippen LogP contribution in [-0.4, -0.2) is 9.78 Å². The molecule has 5 heteroatoms. The van der Waals surface area contributed by atoms with E-state index < -0.39 is 5.82 Å². The molecule has 0 amide bonds. The fraction of sp³-hybridized carbons (Fsp3) is 0.400. The molecule has 1 heterocycles. The summed E-state index contributed by atoms with van der Waals surface area (Å²) < 4.78 is 15.5. The highest BCUT2D eigenvalue weighted by Crippen LogP contribution is 2.36. The maximum absolute atomic E-state index is 13.7. The zero-order chi connectivity index (χ0) is 15.2. The lowest BCUT2D eigenvalue weighted by Gasteiger charge is -2.20. The van der Waals surface area contributed by atoms with Crippen molar-refractivity contribution in [3.8, 4) is 11.3 Å². The van der Waals surface area contributed by atoms with Gasteiger partial charge in [-0.2, -0.15) is 5.10 Å². The van der Waals surface area contributed by atoms with E-state index >= 15 is 0 Å². The summed E-state index contributed by atoms with van der Waals surface area (Å²) >= 11 is 11.9. The molecule has 0 radical (unpaired) electrons. The molecule has 0 aliphatic carbocycles. The smallest absolute Gasteiger partial charge is 0.142 e. The minimum absolute atomic E-state index is 0.0170. The SMILES string of the molecule is Cc1c(-c2cc(F)c(Cl)cc2Cl)nn(C)c1C(C)(C)C. The lowest BCUT2D eigenvalue weighted by Crippen LogP contribution is -2.17. The van der Waals surface area contributed by atoms with Gasteiger partial charge < -0.3 is 0 Å². The third-order valence-corrected chi connectivity index (χ3v) is 3.86. The van der Waals surface area contributed by atoms with Crippen LogP contribution in [-0.2, 0) is 12.5 Å². The highest BCUT2D eigenvalue weighted by atomic mass is 35.5. The summed E-state index contributed by atoms with van der Waals surface area (Å²) in [6.45, 7) is 8.33. The lowest BCUT2D eigenvalue weighted by molar-refractivity contribution is 0.520. The van der Waals surface area contributed by atoms with Gasteiger partial charge in [-0.3, -0.25) is 4.68 Å². The van der Waals surface area contributed by atoms with Crippen LogP contribution >= 0.6 is 23.2 Å². The van der Waals surface area contributed by atoms with Crippen LogP contribution in [0.3, 0.4) is 0 Å². The van der Waals surface area contributed by atoms with Gasteiger partial charge in [0.05, 0.1) is 15.7 Å². The molecule has 1 aromatic carbocycles. The summed E-state index contributed by atoms with van der Waals surface area (Å²) in [4.78, 5) is 0. The maximum atomic E-state index is 13.7. The standard InChI is InChI=1S/C15H17Cl2FN2/c1-8-13(19-20(5)14(8)15(2,3)4)9-6-12(18)11(17)7-10(9)16/h6-7H,1-5H3. The predicted octanol–water partition coefficient (Wildman–Crippen LogP) is 5.14. The molecular formula is C15H17Cl2FN2. The first-order valence-electron chi connectivity index (χ1n) is 6.32. The molecule has 0 N–H and O–H groups in total. The number of hydrogen-bond donors (Lipinski definition) is 0. The van der Waals surface area contributed by atoms with Crippen molar-refractivity contribution in [2.75, 3.05) is 0 Å². The average Bonchev–Trinajstić information content (AvgIpc) is 2.58. The Morgan fingerprint density at radius 1 is 1.15 bits per heavy atom. The fourth-order valence-electron chi connectivity index (χ4n) is 2.64. The largest absolute Gasteiger partial charge is 0.271 e. The Morgan fingerprint density at radius 3 is 2.25 bits per heavy atom. The molecule has 2 rings (SSSR count). The van der Waals surface area contributed by atoms with Gasteiger partial charge in [0.1, 0.15) is 5.82 Å². The van der Waals surface area contributed by atoms with Crippen LogP contribution in [0, 0.1) is 12.7 Å². The van der Waals surface area contributed by atoms with Crippen molar-refractivity contribution in [1.82, 2.24) is 9.78 Å². The van der Waals surface area contributed by atoms with E-state index in [9.17, 15) is 4.39 Å². The molecule has 2 nitrogen and oxygen atoms in total. The van der Waals surface area contributed by atoms with Crippen molar-refractivity contribution in [3.05, 3.63) is 39.3 Å². The van der Waals surface area contributed by atoms with Gasteiger partial charge in [-0.1, -0.05) is 44.0 Å². The van der Waals surface area contributed by atoms with Crippen LogP contribution in [0.2, 0.25) is 10.0 Å². The lowest BCUT2D eigenvalue weighted by atomic mass is 9.88. The van der Waals surface area contributed by atoms with E-state index in [1.165, 1.54) is 12.1 Å². The molecule has 20 heavy (non-hydrogen) atoms. The molecular weight excluding hydrogens is 298 g/mol. The number of aryl methyl sites for hydroxylation is 1. The van der Waals surface area contributed by atoms with E-state index in [0.717, 1.165) is 11.3 Å². The molecule has 0 saturated carbocycles. The van der Waals surface area contributed by atoms with Crippen molar-refractivity contribution in [2.24, 2.45) is 7.05 Å². The fourth-order valence-corrected chi connectivity index (χ4v) is 3.11. The first-order valence-corrected chi connectivity index (χ1v) is 7.07. The highest BCUT2D eigenvalue weighted by Gasteiger charge is 2.25. The molecule has 2 aromatic rings. The summed E-state index contributed by atoms with van der Waals surface area (Å²) in [7, 11) is 1.89. The molecule has 0 unspecified atom stereocenters. The van der Waals surface area contributed by atoms with E-state index in [0.29, 0.717) is 16.3 Å². The van der Waals surface area contributed by atoms with Crippen LogP contribution in [0.5, 0.6) is 0 Å².